The Morgan fingerprint density at radius 3 is 2.70 bits per heavy atom. The van der Waals surface area contributed by atoms with Gasteiger partial charge in [-0.3, -0.25) is 14.9 Å². The Balaban J connectivity index is 3.16. The molecule has 2 N–H and O–H groups in total. The van der Waals surface area contributed by atoms with Crippen molar-refractivity contribution >= 4 is 17.3 Å². The maximum Gasteiger partial charge on any atom is 0.292 e. The summed E-state index contributed by atoms with van der Waals surface area (Å²) in [5, 5.41) is 19.4. The van der Waals surface area contributed by atoms with Gasteiger partial charge in [0.05, 0.1) is 23.0 Å². The fraction of sp³-hybridized carbons (Fsp3) is 0.385. The molecule has 0 aliphatic carbocycles. The molecule has 0 aliphatic heterocycles. The van der Waals surface area contributed by atoms with E-state index in [-0.39, 0.29) is 35.9 Å². The molecule has 0 spiro atoms. The van der Waals surface area contributed by atoms with Crippen LogP contribution in [0, 0.1) is 21.4 Å². The molecule has 7 heteroatoms. The first-order chi connectivity index (χ1) is 9.40. The van der Waals surface area contributed by atoms with Gasteiger partial charge in [0.25, 0.3) is 11.6 Å². The zero-order valence-corrected chi connectivity index (χ0v) is 11.4. The molecule has 20 heavy (non-hydrogen) atoms. The molecule has 1 aromatic carbocycles. The summed E-state index contributed by atoms with van der Waals surface area (Å²) in [5.41, 5.74) is 5.35. The zero-order chi connectivity index (χ0) is 15.3. The molecule has 1 amide bonds. The highest BCUT2D eigenvalue weighted by molar-refractivity contribution is 6.01. The van der Waals surface area contributed by atoms with E-state index in [2.05, 4.69) is 0 Å². The normalized spacial score (nSPS) is 10.1. The second kappa shape index (κ2) is 6.52. The van der Waals surface area contributed by atoms with E-state index in [1.807, 2.05) is 19.9 Å². The first-order valence-electron chi connectivity index (χ1n) is 6.11. The molecule has 0 aliphatic rings. The number of rotatable bonds is 5. The number of hydrogen-bond donors (Lipinski definition) is 1. The molecule has 0 atom stereocenters. The number of benzene rings is 1. The number of para-hydroxylation sites is 1. The zero-order valence-electron chi connectivity index (χ0n) is 11.4. The van der Waals surface area contributed by atoms with Crippen LogP contribution in [0.4, 0.5) is 11.4 Å². The van der Waals surface area contributed by atoms with Gasteiger partial charge in [-0.1, -0.05) is 6.07 Å². The van der Waals surface area contributed by atoms with Crippen molar-refractivity contribution < 1.29 is 9.72 Å². The standard InChI is InChI=1S/C13H16N4O3/c1-9(2)16(8-4-7-14)13(18)10-5-3-6-11(12(10)15)17(19)20/h3,5-6,9H,4,8,15H2,1-2H3. The lowest BCUT2D eigenvalue weighted by molar-refractivity contribution is -0.383. The van der Waals surface area contributed by atoms with E-state index in [1.165, 1.54) is 23.1 Å². The molecule has 1 rings (SSSR count). The van der Waals surface area contributed by atoms with Gasteiger partial charge < -0.3 is 10.6 Å². The number of nitrogens with zero attached hydrogens (tertiary/aromatic N) is 3. The first kappa shape index (κ1) is 15.4. The van der Waals surface area contributed by atoms with E-state index in [0.29, 0.717) is 0 Å². The smallest absolute Gasteiger partial charge is 0.292 e. The Morgan fingerprint density at radius 2 is 2.20 bits per heavy atom. The Morgan fingerprint density at radius 1 is 1.55 bits per heavy atom. The second-order valence-corrected chi connectivity index (χ2v) is 4.50. The van der Waals surface area contributed by atoms with E-state index in [0.717, 1.165) is 0 Å². The number of hydrogen-bond acceptors (Lipinski definition) is 5. The summed E-state index contributed by atoms with van der Waals surface area (Å²) in [4.78, 5) is 24.1. The van der Waals surface area contributed by atoms with Crippen LogP contribution in [-0.2, 0) is 0 Å². The molecule has 0 saturated carbocycles. The maximum atomic E-state index is 12.4. The number of nitro groups is 1. The van der Waals surface area contributed by atoms with E-state index in [9.17, 15) is 14.9 Å². The predicted octanol–water partition coefficient (Wildman–Crippen LogP) is 1.94. The van der Waals surface area contributed by atoms with Crippen LogP contribution in [0.3, 0.4) is 0 Å². The van der Waals surface area contributed by atoms with Crippen LogP contribution in [0.25, 0.3) is 0 Å². The monoisotopic (exact) mass is 276 g/mol. The molecule has 0 radical (unpaired) electrons. The van der Waals surface area contributed by atoms with Crippen molar-refractivity contribution in [2.24, 2.45) is 0 Å². The van der Waals surface area contributed by atoms with Gasteiger partial charge in [-0.2, -0.15) is 5.26 Å². The molecule has 0 aromatic heterocycles. The minimum Gasteiger partial charge on any atom is -0.393 e. The van der Waals surface area contributed by atoms with Gasteiger partial charge in [-0.25, -0.2) is 0 Å². The molecule has 0 fully saturated rings. The van der Waals surface area contributed by atoms with Crippen molar-refractivity contribution in [1.29, 1.82) is 5.26 Å². The lowest BCUT2D eigenvalue weighted by Crippen LogP contribution is -2.38. The third-order valence-corrected chi connectivity index (χ3v) is 2.86. The number of carbonyl (C=O) groups is 1. The molecule has 0 bridgehead atoms. The minimum atomic E-state index is -0.624. The van der Waals surface area contributed by atoms with Gasteiger partial charge in [0.1, 0.15) is 5.69 Å². The number of nitriles is 1. The van der Waals surface area contributed by atoms with Crippen LogP contribution in [-0.4, -0.2) is 28.3 Å². The van der Waals surface area contributed by atoms with Gasteiger partial charge in [-0.05, 0) is 19.9 Å². The van der Waals surface area contributed by atoms with Gasteiger partial charge in [0, 0.05) is 18.7 Å². The topological polar surface area (TPSA) is 113 Å². The highest BCUT2D eigenvalue weighted by Gasteiger charge is 2.24. The van der Waals surface area contributed by atoms with Gasteiger partial charge in [-0.15, -0.1) is 0 Å². The Labute approximate surface area is 116 Å². The van der Waals surface area contributed by atoms with E-state index < -0.39 is 10.8 Å². The van der Waals surface area contributed by atoms with E-state index >= 15 is 0 Å². The number of amides is 1. The summed E-state index contributed by atoms with van der Waals surface area (Å²) < 4.78 is 0. The number of nitrogens with two attached hydrogens (primary N) is 1. The van der Waals surface area contributed by atoms with E-state index in [4.69, 9.17) is 11.0 Å². The largest absolute Gasteiger partial charge is 0.393 e. The Kier molecular flexibility index (Phi) is 5.03. The summed E-state index contributed by atoms with van der Waals surface area (Å²) in [6.45, 7) is 3.88. The molecular weight excluding hydrogens is 260 g/mol. The van der Waals surface area contributed by atoms with Crippen LogP contribution in [0.15, 0.2) is 18.2 Å². The van der Waals surface area contributed by atoms with Crippen LogP contribution in [0.2, 0.25) is 0 Å². The number of carbonyl (C=O) groups excluding carboxylic acids is 1. The van der Waals surface area contributed by atoms with Crippen molar-refractivity contribution in [3.63, 3.8) is 0 Å². The van der Waals surface area contributed by atoms with Crippen molar-refractivity contribution in [2.75, 3.05) is 12.3 Å². The Hall–Kier alpha value is -2.62. The van der Waals surface area contributed by atoms with E-state index in [1.54, 1.807) is 0 Å². The summed E-state index contributed by atoms with van der Waals surface area (Å²) in [6, 6.07) is 5.96. The van der Waals surface area contributed by atoms with Crippen LogP contribution >= 0.6 is 0 Å². The Bertz CT molecular complexity index is 563. The first-order valence-corrected chi connectivity index (χ1v) is 6.11. The second-order valence-electron chi connectivity index (χ2n) is 4.50. The molecule has 1 aromatic rings. The lowest BCUT2D eigenvalue weighted by atomic mass is 10.1. The molecule has 0 unspecified atom stereocenters. The summed E-state index contributed by atoms with van der Waals surface area (Å²) in [5.74, 6) is -0.406. The molecule has 0 saturated heterocycles. The van der Waals surface area contributed by atoms with Crippen LogP contribution < -0.4 is 5.73 Å². The third kappa shape index (κ3) is 3.23. The highest BCUT2D eigenvalue weighted by atomic mass is 16.6. The van der Waals surface area contributed by atoms with Gasteiger partial charge >= 0.3 is 0 Å². The molecule has 0 heterocycles. The summed E-state index contributed by atoms with van der Waals surface area (Å²) in [6.07, 6.45) is 0.193. The minimum absolute atomic E-state index is 0.0887. The number of nitrogen functional groups attached to an aromatic ring is 1. The molecular formula is C13H16N4O3. The fourth-order valence-electron chi connectivity index (χ4n) is 1.82. The molecule has 106 valence electrons. The van der Waals surface area contributed by atoms with Crippen LogP contribution in [0.1, 0.15) is 30.6 Å². The van der Waals surface area contributed by atoms with Gasteiger partial charge in [0.15, 0.2) is 0 Å². The van der Waals surface area contributed by atoms with Gasteiger partial charge in [0.2, 0.25) is 0 Å². The van der Waals surface area contributed by atoms with Crippen molar-refractivity contribution in [1.82, 2.24) is 4.90 Å². The number of anilines is 1. The maximum absolute atomic E-state index is 12.4. The summed E-state index contributed by atoms with van der Waals surface area (Å²) in [7, 11) is 0. The number of nitro benzene ring substituents is 1. The SMILES string of the molecule is CC(C)N(CCC#N)C(=O)c1cccc([N+](=O)[O-])c1N. The van der Waals surface area contributed by atoms with Crippen molar-refractivity contribution in [2.45, 2.75) is 26.3 Å². The molecule has 7 nitrogen and oxygen atoms in total. The van der Waals surface area contributed by atoms with Crippen molar-refractivity contribution in [3.05, 3.63) is 33.9 Å². The van der Waals surface area contributed by atoms with Crippen molar-refractivity contribution in [3.8, 4) is 6.07 Å². The summed E-state index contributed by atoms with van der Waals surface area (Å²) >= 11 is 0. The lowest BCUT2D eigenvalue weighted by Gasteiger charge is -2.26. The third-order valence-electron chi connectivity index (χ3n) is 2.86. The average molecular weight is 276 g/mol. The van der Waals surface area contributed by atoms with Crippen LogP contribution in [0.5, 0.6) is 0 Å². The fourth-order valence-corrected chi connectivity index (χ4v) is 1.82. The average Bonchev–Trinajstić information content (AvgIpc) is 2.38. The highest BCUT2D eigenvalue weighted by Crippen LogP contribution is 2.26. The quantitative estimate of drug-likeness (QED) is 0.501. The predicted molar refractivity (Wildman–Crippen MR) is 73.9 cm³/mol.